The van der Waals surface area contributed by atoms with Gasteiger partial charge in [0.2, 0.25) is 0 Å². The number of carbonyl (C=O) groups is 1. The average molecular weight is 272 g/mol. The third-order valence-electron chi connectivity index (χ3n) is 2.74. The lowest BCUT2D eigenvalue weighted by molar-refractivity contribution is 0.0697. The Bertz CT molecular complexity index is 575. The van der Waals surface area contributed by atoms with E-state index < -0.39 is 5.97 Å². The minimum Gasteiger partial charge on any atom is -0.490 e. The number of carboxylic acids is 1. The Morgan fingerprint density at radius 1 is 1.00 bits per heavy atom. The Hall–Kier alpha value is -2.49. The first-order chi connectivity index (χ1) is 9.70. The molecule has 0 aromatic heterocycles. The molecule has 0 amide bonds. The molecule has 0 radical (unpaired) electrons. The smallest absolute Gasteiger partial charge is 0.335 e. The van der Waals surface area contributed by atoms with Crippen LogP contribution in [0.4, 0.5) is 0 Å². The van der Waals surface area contributed by atoms with Crippen LogP contribution >= 0.6 is 0 Å². The maximum Gasteiger partial charge on any atom is 0.335 e. The Labute approximate surface area is 117 Å². The van der Waals surface area contributed by atoms with Crippen molar-refractivity contribution in [3.63, 3.8) is 0 Å². The summed E-state index contributed by atoms with van der Waals surface area (Å²) in [6.45, 7) is 2.86. The van der Waals surface area contributed by atoms with Gasteiger partial charge in [0.1, 0.15) is 6.61 Å². The fourth-order valence-electron chi connectivity index (χ4n) is 1.75. The molecule has 0 unspecified atom stereocenters. The van der Waals surface area contributed by atoms with Gasteiger partial charge in [0.25, 0.3) is 0 Å². The van der Waals surface area contributed by atoms with E-state index in [1.54, 1.807) is 24.3 Å². The highest BCUT2D eigenvalue weighted by molar-refractivity contribution is 5.87. The highest BCUT2D eigenvalue weighted by atomic mass is 16.5. The monoisotopic (exact) mass is 272 g/mol. The van der Waals surface area contributed by atoms with E-state index in [0.717, 1.165) is 5.56 Å². The Kier molecular flexibility index (Phi) is 4.60. The van der Waals surface area contributed by atoms with Crippen LogP contribution in [0.15, 0.2) is 48.5 Å². The Balaban J connectivity index is 2.03. The molecule has 0 atom stereocenters. The van der Waals surface area contributed by atoms with Crippen LogP contribution in [0.3, 0.4) is 0 Å². The van der Waals surface area contributed by atoms with Gasteiger partial charge in [-0.3, -0.25) is 0 Å². The molecule has 4 heteroatoms. The van der Waals surface area contributed by atoms with Gasteiger partial charge in [-0.1, -0.05) is 24.3 Å². The highest BCUT2D eigenvalue weighted by Gasteiger charge is 2.05. The fourth-order valence-corrected chi connectivity index (χ4v) is 1.75. The van der Waals surface area contributed by atoms with Gasteiger partial charge in [-0.25, -0.2) is 4.79 Å². The van der Waals surface area contributed by atoms with Gasteiger partial charge in [-0.05, 0) is 36.8 Å². The van der Waals surface area contributed by atoms with Gasteiger partial charge in [-0.2, -0.15) is 0 Å². The van der Waals surface area contributed by atoms with E-state index in [-0.39, 0.29) is 5.56 Å². The molecule has 4 nitrogen and oxygen atoms in total. The van der Waals surface area contributed by atoms with Gasteiger partial charge < -0.3 is 14.6 Å². The maximum absolute atomic E-state index is 10.8. The van der Waals surface area contributed by atoms with Crippen LogP contribution in [-0.4, -0.2) is 17.7 Å². The van der Waals surface area contributed by atoms with E-state index in [9.17, 15) is 4.79 Å². The van der Waals surface area contributed by atoms with Crippen molar-refractivity contribution in [1.82, 2.24) is 0 Å². The van der Waals surface area contributed by atoms with E-state index in [1.165, 1.54) is 0 Å². The lowest BCUT2D eigenvalue weighted by atomic mass is 10.1. The largest absolute Gasteiger partial charge is 0.490 e. The van der Waals surface area contributed by atoms with Crippen molar-refractivity contribution >= 4 is 5.97 Å². The molecule has 0 saturated heterocycles. The summed E-state index contributed by atoms with van der Waals surface area (Å²) < 4.78 is 11.2. The molecule has 0 aliphatic heterocycles. The van der Waals surface area contributed by atoms with Gasteiger partial charge in [0.15, 0.2) is 11.5 Å². The van der Waals surface area contributed by atoms with Crippen molar-refractivity contribution in [3.05, 3.63) is 59.7 Å². The van der Waals surface area contributed by atoms with E-state index in [4.69, 9.17) is 14.6 Å². The number of benzene rings is 2. The standard InChI is InChI=1S/C16H16O4/c1-2-19-14-5-3-4-6-15(14)20-11-12-7-9-13(10-8-12)16(17)18/h3-10H,2,11H2,1H3,(H,17,18). The second kappa shape index (κ2) is 6.61. The van der Waals surface area contributed by atoms with E-state index >= 15 is 0 Å². The first-order valence-electron chi connectivity index (χ1n) is 6.37. The van der Waals surface area contributed by atoms with Crippen molar-refractivity contribution < 1.29 is 19.4 Å². The highest BCUT2D eigenvalue weighted by Crippen LogP contribution is 2.27. The minimum atomic E-state index is -0.931. The normalized spacial score (nSPS) is 10.1. The Morgan fingerprint density at radius 2 is 1.60 bits per heavy atom. The van der Waals surface area contributed by atoms with Crippen molar-refractivity contribution in [2.75, 3.05) is 6.61 Å². The second-order valence-electron chi connectivity index (χ2n) is 4.17. The molecule has 0 heterocycles. The van der Waals surface area contributed by atoms with Crippen molar-refractivity contribution in [3.8, 4) is 11.5 Å². The maximum atomic E-state index is 10.8. The number of rotatable bonds is 6. The van der Waals surface area contributed by atoms with Crippen LogP contribution in [-0.2, 0) is 6.61 Å². The zero-order valence-corrected chi connectivity index (χ0v) is 11.2. The third-order valence-corrected chi connectivity index (χ3v) is 2.74. The first kappa shape index (κ1) is 13.9. The van der Waals surface area contributed by atoms with Crippen LogP contribution in [0.5, 0.6) is 11.5 Å². The molecule has 0 bridgehead atoms. The van der Waals surface area contributed by atoms with Crippen molar-refractivity contribution in [2.24, 2.45) is 0 Å². The summed E-state index contributed by atoms with van der Waals surface area (Å²) in [6, 6.07) is 14.1. The molecular weight excluding hydrogens is 256 g/mol. The average Bonchev–Trinajstić information content (AvgIpc) is 2.47. The predicted octanol–water partition coefficient (Wildman–Crippen LogP) is 3.36. The molecule has 1 N–H and O–H groups in total. The van der Waals surface area contributed by atoms with Crippen LogP contribution in [0, 0.1) is 0 Å². The molecule has 104 valence electrons. The zero-order chi connectivity index (χ0) is 14.4. The van der Waals surface area contributed by atoms with Gasteiger partial charge in [0.05, 0.1) is 12.2 Å². The summed E-state index contributed by atoms with van der Waals surface area (Å²) in [4.78, 5) is 10.8. The summed E-state index contributed by atoms with van der Waals surface area (Å²) in [5, 5.41) is 8.83. The lowest BCUT2D eigenvalue weighted by Crippen LogP contribution is -2.00. The summed E-state index contributed by atoms with van der Waals surface area (Å²) in [6.07, 6.45) is 0. The predicted molar refractivity (Wildman–Crippen MR) is 75.3 cm³/mol. The molecule has 0 saturated carbocycles. The van der Waals surface area contributed by atoms with Crippen LogP contribution in [0.1, 0.15) is 22.8 Å². The molecule has 0 spiro atoms. The number of para-hydroxylation sites is 2. The number of carboxylic acid groups (broad SMARTS) is 1. The summed E-state index contributed by atoms with van der Waals surface area (Å²) >= 11 is 0. The Morgan fingerprint density at radius 3 is 2.15 bits per heavy atom. The lowest BCUT2D eigenvalue weighted by Gasteiger charge is -2.11. The summed E-state index contributed by atoms with van der Waals surface area (Å²) in [5.74, 6) is 0.452. The summed E-state index contributed by atoms with van der Waals surface area (Å²) in [5.41, 5.74) is 1.17. The van der Waals surface area contributed by atoms with Gasteiger partial charge in [0, 0.05) is 0 Å². The summed E-state index contributed by atoms with van der Waals surface area (Å²) in [7, 11) is 0. The van der Waals surface area contributed by atoms with E-state index in [0.29, 0.717) is 24.7 Å². The van der Waals surface area contributed by atoms with Crippen LogP contribution in [0.2, 0.25) is 0 Å². The van der Waals surface area contributed by atoms with Crippen LogP contribution < -0.4 is 9.47 Å². The molecular formula is C16H16O4. The molecule has 0 fully saturated rings. The number of hydrogen-bond acceptors (Lipinski definition) is 3. The second-order valence-corrected chi connectivity index (χ2v) is 4.17. The van der Waals surface area contributed by atoms with Crippen molar-refractivity contribution in [1.29, 1.82) is 0 Å². The number of aromatic carboxylic acids is 1. The van der Waals surface area contributed by atoms with Crippen molar-refractivity contribution in [2.45, 2.75) is 13.5 Å². The number of hydrogen-bond donors (Lipinski definition) is 1. The van der Waals surface area contributed by atoms with Crippen LogP contribution in [0.25, 0.3) is 0 Å². The molecule has 2 aromatic carbocycles. The topological polar surface area (TPSA) is 55.8 Å². The first-order valence-corrected chi connectivity index (χ1v) is 6.37. The third kappa shape index (κ3) is 3.51. The van der Waals surface area contributed by atoms with Gasteiger partial charge >= 0.3 is 5.97 Å². The van der Waals surface area contributed by atoms with Gasteiger partial charge in [-0.15, -0.1) is 0 Å². The zero-order valence-electron chi connectivity index (χ0n) is 11.2. The SMILES string of the molecule is CCOc1ccccc1OCc1ccc(C(=O)O)cc1. The van der Waals surface area contributed by atoms with E-state index in [2.05, 4.69) is 0 Å². The molecule has 0 aliphatic rings. The quantitative estimate of drug-likeness (QED) is 0.876. The number of ether oxygens (including phenoxy) is 2. The molecule has 20 heavy (non-hydrogen) atoms. The molecule has 2 rings (SSSR count). The minimum absolute atomic E-state index is 0.267. The molecule has 0 aliphatic carbocycles. The van der Waals surface area contributed by atoms with E-state index in [1.807, 2.05) is 31.2 Å². The molecule has 2 aromatic rings. The fraction of sp³-hybridized carbons (Fsp3) is 0.188.